The Labute approximate surface area is 156 Å². The van der Waals surface area contributed by atoms with E-state index in [1.54, 1.807) is 24.3 Å². The summed E-state index contributed by atoms with van der Waals surface area (Å²) in [6, 6.07) is 14.6. The van der Waals surface area contributed by atoms with Crippen molar-refractivity contribution in [2.45, 2.75) is 13.3 Å². The van der Waals surface area contributed by atoms with Gasteiger partial charge in [0.1, 0.15) is 0 Å². The topological polar surface area (TPSA) is 66.5 Å². The van der Waals surface area contributed by atoms with Gasteiger partial charge < -0.3 is 5.32 Å². The van der Waals surface area contributed by atoms with Crippen molar-refractivity contribution < 1.29 is 14.4 Å². The van der Waals surface area contributed by atoms with E-state index in [1.165, 1.54) is 22.2 Å². The second kappa shape index (κ2) is 8.19. The maximum Gasteiger partial charge on any atom is 0.261 e. The highest BCUT2D eigenvalue weighted by atomic mass is 32.2. The molecular formula is C20H20N2O3S. The lowest BCUT2D eigenvalue weighted by atomic mass is 10.1. The predicted octanol–water partition coefficient (Wildman–Crippen LogP) is 3.22. The molecule has 0 spiro atoms. The first kappa shape index (κ1) is 18.2. The van der Waals surface area contributed by atoms with Crippen LogP contribution in [0.4, 0.5) is 5.69 Å². The number of rotatable bonds is 7. The smallest absolute Gasteiger partial charge is 0.261 e. The van der Waals surface area contributed by atoms with Crippen LogP contribution < -0.4 is 5.32 Å². The third-order valence-corrected chi connectivity index (χ3v) is 5.13. The van der Waals surface area contributed by atoms with E-state index in [0.717, 1.165) is 12.1 Å². The SMILES string of the molecule is CCc1cccc(NC(=O)CSCCN2C(=O)c3ccccc3C2=O)c1. The van der Waals surface area contributed by atoms with E-state index in [9.17, 15) is 14.4 Å². The van der Waals surface area contributed by atoms with Crippen LogP contribution in [0.15, 0.2) is 48.5 Å². The molecule has 1 heterocycles. The molecule has 2 aromatic rings. The zero-order valence-corrected chi connectivity index (χ0v) is 15.3. The van der Waals surface area contributed by atoms with Gasteiger partial charge in [-0.25, -0.2) is 0 Å². The molecule has 1 aliphatic rings. The fourth-order valence-corrected chi connectivity index (χ4v) is 3.54. The van der Waals surface area contributed by atoms with Crippen molar-refractivity contribution in [3.05, 3.63) is 65.2 Å². The normalized spacial score (nSPS) is 13.0. The number of nitrogens with zero attached hydrogens (tertiary/aromatic N) is 1. The van der Waals surface area contributed by atoms with Gasteiger partial charge in [0, 0.05) is 18.0 Å². The minimum atomic E-state index is -0.257. The molecule has 0 radical (unpaired) electrons. The number of hydrogen-bond donors (Lipinski definition) is 1. The van der Waals surface area contributed by atoms with Gasteiger partial charge in [-0.3, -0.25) is 19.3 Å². The highest BCUT2D eigenvalue weighted by molar-refractivity contribution is 7.99. The lowest BCUT2D eigenvalue weighted by molar-refractivity contribution is -0.113. The van der Waals surface area contributed by atoms with Crippen molar-refractivity contribution in [1.82, 2.24) is 4.90 Å². The van der Waals surface area contributed by atoms with Crippen LogP contribution in [-0.4, -0.2) is 40.7 Å². The van der Waals surface area contributed by atoms with Crippen LogP contribution in [0.5, 0.6) is 0 Å². The van der Waals surface area contributed by atoms with Gasteiger partial charge in [-0.1, -0.05) is 31.2 Å². The fourth-order valence-electron chi connectivity index (χ4n) is 2.83. The number of carbonyl (C=O) groups excluding carboxylic acids is 3. The molecule has 2 aromatic carbocycles. The van der Waals surface area contributed by atoms with Crippen molar-refractivity contribution in [1.29, 1.82) is 0 Å². The van der Waals surface area contributed by atoms with Gasteiger partial charge in [0.25, 0.3) is 11.8 Å². The molecule has 3 amide bonds. The number of anilines is 1. The number of benzene rings is 2. The summed E-state index contributed by atoms with van der Waals surface area (Å²) < 4.78 is 0. The summed E-state index contributed by atoms with van der Waals surface area (Å²) in [5, 5.41) is 2.87. The molecule has 5 nitrogen and oxygen atoms in total. The Morgan fingerprint density at radius 2 is 1.73 bits per heavy atom. The third kappa shape index (κ3) is 3.96. The highest BCUT2D eigenvalue weighted by Gasteiger charge is 2.34. The molecule has 0 saturated carbocycles. The van der Waals surface area contributed by atoms with Crippen LogP contribution in [0, 0.1) is 0 Å². The van der Waals surface area contributed by atoms with Crippen LogP contribution in [0.25, 0.3) is 0 Å². The molecule has 26 heavy (non-hydrogen) atoms. The molecule has 0 aromatic heterocycles. The predicted molar refractivity (Wildman–Crippen MR) is 104 cm³/mol. The summed E-state index contributed by atoms with van der Waals surface area (Å²) in [6.07, 6.45) is 0.915. The van der Waals surface area contributed by atoms with E-state index in [0.29, 0.717) is 23.4 Å². The first-order valence-electron chi connectivity index (χ1n) is 8.52. The van der Waals surface area contributed by atoms with Crippen LogP contribution in [-0.2, 0) is 11.2 Å². The highest BCUT2D eigenvalue weighted by Crippen LogP contribution is 2.22. The molecular weight excluding hydrogens is 348 g/mol. The Kier molecular flexibility index (Phi) is 5.73. The Hall–Kier alpha value is -2.60. The van der Waals surface area contributed by atoms with E-state index in [1.807, 2.05) is 24.3 Å². The van der Waals surface area contributed by atoms with Gasteiger partial charge in [-0.2, -0.15) is 11.8 Å². The molecule has 0 bridgehead atoms. The quantitative estimate of drug-likeness (QED) is 0.602. The average molecular weight is 368 g/mol. The summed E-state index contributed by atoms with van der Waals surface area (Å²) in [5.74, 6) is 0.192. The molecule has 0 atom stereocenters. The molecule has 1 N–H and O–H groups in total. The number of imide groups is 1. The molecule has 6 heteroatoms. The maximum absolute atomic E-state index is 12.3. The summed E-state index contributed by atoms with van der Waals surface area (Å²) >= 11 is 1.40. The minimum absolute atomic E-state index is 0.0920. The maximum atomic E-state index is 12.3. The third-order valence-electron chi connectivity index (χ3n) is 4.19. The molecule has 0 saturated heterocycles. The second-order valence-corrected chi connectivity index (χ2v) is 7.07. The molecule has 0 unspecified atom stereocenters. The molecule has 3 rings (SSSR count). The number of fused-ring (bicyclic) bond motifs is 1. The zero-order chi connectivity index (χ0) is 18.5. The Balaban J connectivity index is 1.45. The minimum Gasteiger partial charge on any atom is -0.325 e. The lowest BCUT2D eigenvalue weighted by Gasteiger charge is -2.13. The summed E-state index contributed by atoms with van der Waals surface area (Å²) in [7, 11) is 0. The van der Waals surface area contributed by atoms with Crippen molar-refractivity contribution in [2.75, 3.05) is 23.4 Å². The number of amides is 3. The van der Waals surface area contributed by atoms with Crippen molar-refractivity contribution >= 4 is 35.2 Å². The Morgan fingerprint density at radius 3 is 2.38 bits per heavy atom. The van der Waals surface area contributed by atoms with Crippen LogP contribution >= 0.6 is 11.8 Å². The fraction of sp³-hybridized carbons (Fsp3) is 0.250. The first-order chi connectivity index (χ1) is 12.6. The van der Waals surface area contributed by atoms with Gasteiger partial charge in [-0.15, -0.1) is 0 Å². The second-order valence-electron chi connectivity index (χ2n) is 5.96. The summed E-state index contributed by atoms with van der Waals surface area (Å²) in [4.78, 5) is 37.8. The number of thioether (sulfide) groups is 1. The van der Waals surface area contributed by atoms with E-state index < -0.39 is 0 Å². The van der Waals surface area contributed by atoms with Crippen LogP contribution in [0.3, 0.4) is 0 Å². The van der Waals surface area contributed by atoms with Gasteiger partial charge in [-0.05, 0) is 36.2 Å². The molecule has 0 fully saturated rings. The van der Waals surface area contributed by atoms with Crippen molar-refractivity contribution in [3.8, 4) is 0 Å². The average Bonchev–Trinajstić information content (AvgIpc) is 2.90. The van der Waals surface area contributed by atoms with E-state index >= 15 is 0 Å². The summed E-state index contributed by atoms with van der Waals surface area (Å²) in [5.41, 5.74) is 2.86. The molecule has 1 aliphatic heterocycles. The van der Waals surface area contributed by atoms with Gasteiger partial charge in [0.05, 0.1) is 16.9 Å². The van der Waals surface area contributed by atoms with E-state index in [2.05, 4.69) is 12.2 Å². The van der Waals surface area contributed by atoms with Crippen LogP contribution in [0.2, 0.25) is 0 Å². The van der Waals surface area contributed by atoms with Crippen molar-refractivity contribution in [2.24, 2.45) is 0 Å². The number of nitrogens with one attached hydrogen (secondary N) is 1. The number of hydrogen-bond acceptors (Lipinski definition) is 4. The van der Waals surface area contributed by atoms with E-state index in [4.69, 9.17) is 0 Å². The molecule has 0 aliphatic carbocycles. The van der Waals surface area contributed by atoms with Gasteiger partial charge in [0.2, 0.25) is 5.91 Å². The molecule has 134 valence electrons. The lowest BCUT2D eigenvalue weighted by Crippen LogP contribution is -2.32. The van der Waals surface area contributed by atoms with Crippen molar-refractivity contribution in [3.63, 3.8) is 0 Å². The van der Waals surface area contributed by atoms with Crippen LogP contribution in [0.1, 0.15) is 33.2 Å². The van der Waals surface area contributed by atoms with Gasteiger partial charge >= 0.3 is 0 Å². The number of aryl methyl sites for hydroxylation is 1. The Bertz CT molecular complexity index is 815. The first-order valence-corrected chi connectivity index (χ1v) is 9.67. The zero-order valence-electron chi connectivity index (χ0n) is 14.5. The largest absolute Gasteiger partial charge is 0.325 e. The number of carbonyl (C=O) groups is 3. The Morgan fingerprint density at radius 1 is 1.04 bits per heavy atom. The monoisotopic (exact) mass is 368 g/mol. The summed E-state index contributed by atoms with van der Waals surface area (Å²) in [6.45, 7) is 2.37. The standard InChI is InChI=1S/C20H20N2O3S/c1-2-14-6-5-7-15(12-14)21-18(23)13-26-11-10-22-19(24)16-8-3-4-9-17(16)20(22)25/h3-9,12H,2,10-11,13H2,1H3,(H,21,23). The van der Waals surface area contributed by atoms with E-state index in [-0.39, 0.29) is 23.5 Å². The van der Waals surface area contributed by atoms with Gasteiger partial charge in [0.15, 0.2) is 0 Å².